The van der Waals surface area contributed by atoms with Gasteiger partial charge in [-0.25, -0.2) is 14.4 Å². The molecule has 1 aromatic heterocycles. The second kappa shape index (κ2) is 7.68. The summed E-state index contributed by atoms with van der Waals surface area (Å²) in [5.74, 6) is -0.166. The van der Waals surface area contributed by atoms with Crippen LogP contribution in [-0.2, 0) is 0 Å². The van der Waals surface area contributed by atoms with Crippen LogP contribution in [0.2, 0.25) is 0 Å². The monoisotopic (exact) mass is 357 g/mol. The van der Waals surface area contributed by atoms with Crippen LogP contribution in [0, 0.1) is 5.82 Å². The average Bonchev–Trinajstić information content (AvgIpc) is 2.62. The maximum absolute atomic E-state index is 13.0. The summed E-state index contributed by atoms with van der Waals surface area (Å²) in [6, 6.07) is 8.28. The second-order valence-corrected chi connectivity index (χ2v) is 6.90. The first-order valence-corrected chi connectivity index (χ1v) is 8.88. The molecule has 1 amide bonds. The van der Waals surface area contributed by atoms with E-state index in [1.165, 1.54) is 12.1 Å². The van der Waals surface area contributed by atoms with E-state index in [0.29, 0.717) is 5.69 Å². The highest BCUT2D eigenvalue weighted by atomic mass is 19.1. The summed E-state index contributed by atoms with van der Waals surface area (Å²) in [5.41, 5.74) is 7.79. The fraction of sp³-hybridized carbons (Fsp3) is 0.421. The summed E-state index contributed by atoms with van der Waals surface area (Å²) >= 11 is 0. The van der Waals surface area contributed by atoms with Crippen LogP contribution < -0.4 is 16.0 Å². The highest BCUT2D eigenvalue weighted by Crippen LogP contribution is 2.21. The summed E-state index contributed by atoms with van der Waals surface area (Å²) in [5, 5.41) is 3.04. The number of nitrogen functional groups attached to an aromatic ring is 1. The van der Waals surface area contributed by atoms with E-state index in [1.54, 1.807) is 18.2 Å². The van der Waals surface area contributed by atoms with Crippen LogP contribution in [0.15, 0.2) is 30.3 Å². The number of halogens is 1. The Labute approximate surface area is 152 Å². The molecule has 1 saturated heterocycles. The van der Waals surface area contributed by atoms with Gasteiger partial charge in [-0.05, 0) is 49.1 Å². The van der Waals surface area contributed by atoms with Crippen molar-refractivity contribution in [3.8, 4) is 0 Å². The number of carbonyl (C=O) groups excluding carboxylic acids is 1. The Morgan fingerprint density at radius 1 is 1.23 bits per heavy atom. The number of nitrogens with two attached hydrogens (primary N) is 1. The Balaban J connectivity index is 1.59. The van der Waals surface area contributed by atoms with Crippen LogP contribution in [0.4, 0.5) is 16.0 Å². The molecule has 0 spiro atoms. The highest BCUT2D eigenvalue weighted by Gasteiger charge is 2.22. The predicted octanol–water partition coefficient (Wildman–Crippen LogP) is 2.72. The van der Waals surface area contributed by atoms with Gasteiger partial charge in [0.1, 0.15) is 11.5 Å². The molecule has 0 aliphatic carbocycles. The van der Waals surface area contributed by atoms with Gasteiger partial charge in [0.15, 0.2) is 0 Å². The summed E-state index contributed by atoms with van der Waals surface area (Å²) < 4.78 is 13.0. The molecule has 1 fully saturated rings. The van der Waals surface area contributed by atoms with Gasteiger partial charge in [-0.15, -0.1) is 0 Å². The van der Waals surface area contributed by atoms with Gasteiger partial charge in [-0.1, -0.05) is 13.8 Å². The van der Waals surface area contributed by atoms with E-state index < -0.39 is 0 Å². The standard InChI is InChI=1S/C19H24FN5O/c1-12(2)16-11-17(24-19(21)23-16)18(26)22-14-7-9-25(10-8-14)15-5-3-13(20)4-6-15/h3-6,11-12,14H,7-10H2,1-2H3,(H,22,26)(H2,21,23,24). The molecule has 0 radical (unpaired) electrons. The van der Waals surface area contributed by atoms with Crippen LogP contribution in [0.25, 0.3) is 0 Å². The number of aromatic nitrogens is 2. The van der Waals surface area contributed by atoms with Crippen LogP contribution >= 0.6 is 0 Å². The van der Waals surface area contributed by atoms with E-state index in [-0.39, 0.29) is 29.6 Å². The molecule has 7 heteroatoms. The number of piperidine rings is 1. The number of hydrogen-bond donors (Lipinski definition) is 2. The van der Waals surface area contributed by atoms with Gasteiger partial charge < -0.3 is 16.0 Å². The largest absolute Gasteiger partial charge is 0.371 e. The number of benzene rings is 1. The molecule has 1 aliphatic rings. The van der Waals surface area contributed by atoms with Gasteiger partial charge in [-0.3, -0.25) is 4.79 Å². The molecule has 0 saturated carbocycles. The molecule has 0 atom stereocenters. The maximum atomic E-state index is 13.0. The fourth-order valence-corrected chi connectivity index (χ4v) is 3.09. The Morgan fingerprint density at radius 3 is 2.50 bits per heavy atom. The zero-order valence-corrected chi connectivity index (χ0v) is 15.1. The summed E-state index contributed by atoms with van der Waals surface area (Å²) in [6.45, 7) is 5.60. The van der Waals surface area contributed by atoms with Crippen molar-refractivity contribution in [2.24, 2.45) is 0 Å². The Kier molecular flexibility index (Phi) is 5.35. The molecule has 0 bridgehead atoms. The fourth-order valence-electron chi connectivity index (χ4n) is 3.09. The molecule has 2 aromatic rings. The Morgan fingerprint density at radius 2 is 1.88 bits per heavy atom. The Bertz CT molecular complexity index is 770. The van der Waals surface area contributed by atoms with E-state index >= 15 is 0 Å². The van der Waals surface area contributed by atoms with Crippen LogP contribution in [0.3, 0.4) is 0 Å². The van der Waals surface area contributed by atoms with Gasteiger partial charge >= 0.3 is 0 Å². The van der Waals surface area contributed by atoms with Crippen molar-refractivity contribution >= 4 is 17.5 Å². The molecule has 0 unspecified atom stereocenters. The zero-order chi connectivity index (χ0) is 18.7. The highest BCUT2D eigenvalue weighted by molar-refractivity contribution is 5.92. The molecule has 6 nitrogen and oxygen atoms in total. The molecule has 26 heavy (non-hydrogen) atoms. The normalized spacial score (nSPS) is 15.3. The van der Waals surface area contributed by atoms with Crippen LogP contribution in [0.5, 0.6) is 0 Å². The molecule has 3 N–H and O–H groups in total. The quantitative estimate of drug-likeness (QED) is 0.879. The smallest absolute Gasteiger partial charge is 0.270 e. The molecule has 1 aromatic carbocycles. The molecule has 1 aliphatic heterocycles. The summed E-state index contributed by atoms with van der Waals surface area (Å²) in [7, 11) is 0. The van der Waals surface area contributed by atoms with Gasteiger partial charge in [0.2, 0.25) is 5.95 Å². The van der Waals surface area contributed by atoms with E-state index in [1.807, 2.05) is 13.8 Å². The Hall–Kier alpha value is -2.70. The van der Waals surface area contributed by atoms with Gasteiger partial charge in [0.05, 0.1) is 0 Å². The molecular weight excluding hydrogens is 333 g/mol. The van der Waals surface area contributed by atoms with Crippen molar-refractivity contribution in [2.45, 2.75) is 38.6 Å². The average molecular weight is 357 g/mol. The summed E-state index contributed by atoms with van der Waals surface area (Å²) in [4.78, 5) is 22.9. The molecule has 138 valence electrons. The lowest BCUT2D eigenvalue weighted by molar-refractivity contribution is 0.0926. The van der Waals surface area contributed by atoms with Crippen molar-refractivity contribution in [1.29, 1.82) is 0 Å². The number of amides is 1. The van der Waals surface area contributed by atoms with E-state index in [2.05, 4.69) is 20.2 Å². The van der Waals surface area contributed by atoms with Crippen LogP contribution in [-0.4, -0.2) is 35.0 Å². The summed E-state index contributed by atoms with van der Waals surface area (Å²) in [6.07, 6.45) is 1.64. The minimum Gasteiger partial charge on any atom is -0.371 e. The number of hydrogen-bond acceptors (Lipinski definition) is 5. The van der Waals surface area contributed by atoms with Gasteiger partial charge in [-0.2, -0.15) is 0 Å². The third kappa shape index (κ3) is 4.28. The number of nitrogens with zero attached hydrogens (tertiary/aromatic N) is 3. The lowest BCUT2D eigenvalue weighted by Crippen LogP contribution is -2.45. The number of carbonyl (C=O) groups is 1. The number of nitrogens with one attached hydrogen (secondary N) is 1. The van der Waals surface area contributed by atoms with E-state index in [0.717, 1.165) is 37.3 Å². The van der Waals surface area contributed by atoms with E-state index in [4.69, 9.17) is 5.73 Å². The lowest BCUT2D eigenvalue weighted by Gasteiger charge is -2.34. The topological polar surface area (TPSA) is 84.1 Å². The van der Waals surface area contributed by atoms with Crippen molar-refractivity contribution < 1.29 is 9.18 Å². The van der Waals surface area contributed by atoms with Crippen molar-refractivity contribution in [3.05, 3.63) is 47.5 Å². The number of anilines is 2. The lowest BCUT2D eigenvalue weighted by atomic mass is 10.0. The minimum atomic E-state index is -0.235. The minimum absolute atomic E-state index is 0.0814. The van der Waals surface area contributed by atoms with Crippen molar-refractivity contribution in [1.82, 2.24) is 15.3 Å². The third-order valence-corrected chi connectivity index (χ3v) is 4.61. The van der Waals surface area contributed by atoms with E-state index in [9.17, 15) is 9.18 Å². The van der Waals surface area contributed by atoms with Crippen LogP contribution in [0.1, 0.15) is 48.8 Å². The van der Waals surface area contributed by atoms with Crippen molar-refractivity contribution in [3.63, 3.8) is 0 Å². The molecule has 2 heterocycles. The maximum Gasteiger partial charge on any atom is 0.270 e. The predicted molar refractivity (Wildman–Crippen MR) is 99.6 cm³/mol. The first kappa shape index (κ1) is 18.1. The molecular formula is C19H24FN5O. The second-order valence-electron chi connectivity index (χ2n) is 6.90. The molecule has 3 rings (SSSR count). The number of rotatable bonds is 4. The first-order chi connectivity index (χ1) is 12.4. The SMILES string of the molecule is CC(C)c1cc(C(=O)NC2CCN(c3ccc(F)cc3)CC2)nc(N)n1. The zero-order valence-electron chi connectivity index (χ0n) is 15.1. The van der Waals surface area contributed by atoms with Gasteiger partial charge in [0, 0.05) is 30.5 Å². The third-order valence-electron chi connectivity index (χ3n) is 4.61. The van der Waals surface area contributed by atoms with Crippen molar-refractivity contribution in [2.75, 3.05) is 23.7 Å². The van der Waals surface area contributed by atoms with Gasteiger partial charge in [0.25, 0.3) is 5.91 Å². The first-order valence-electron chi connectivity index (χ1n) is 8.88.